The van der Waals surface area contributed by atoms with Crippen molar-refractivity contribution in [2.75, 3.05) is 6.54 Å². The fourth-order valence-electron chi connectivity index (χ4n) is 1.90. The van der Waals surface area contributed by atoms with Crippen molar-refractivity contribution in [2.45, 2.75) is 25.6 Å². The fraction of sp³-hybridized carbons (Fsp3) is 0.462. The van der Waals surface area contributed by atoms with Crippen LogP contribution in [0, 0.1) is 5.92 Å². The molecule has 2 aromatic rings. The van der Waals surface area contributed by atoms with Crippen LogP contribution in [0.2, 0.25) is 0 Å². The molecule has 2 rings (SSSR count). The minimum atomic E-state index is -0.169. The fourth-order valence-corrected chi connectivity index (χ4v) is 2.34. The standard InChI is InChI=1S/C13H17ClN4O/c1-9(2)5-10(14)6-16-13(19)11-7-17-18-4-3-15-8-12(11)18/h3-4,7-10H,5-6H2,1-2H3,(H,16,19). The van der Waals surface area contributed by atoms with Crippen LogP contribution < -0.4 is 5.32 Å². The second-order valence-electron chi connectivity index (χ2n) is 4.90. The molecule has 5 nitrogen and oxygen atoms in total. The number of nitrogens with one attached hydrogen (secondary N) is 1. The molecule has 0 radical (unpaired) electrons. The number of hydrogen-bond donors (Lipinski definition) is 1. The summed E-state index contributed by atoms with van der Waals surface area (Å²) in [6.07, 6.45) is 7.36. The van der Waals surface area contributed by atoms with Crippen LogP contribution in [-0.4, -0.2) is 32.4 Å². The molecule has 0 aliphatic rings. The lowest BCUT2D eigenvalue weighted by atomic mass is 10.1. The molecule has 1 unspecified atom stereocenters. The average Bonchev–Trinajstić information content (AvgIpc) is 2.79. The third-order valence-electron chi connectivity index (χ3n) is 2.78. The van der Waals surface area contributed by atoms with Crippen molar-refractivity contribution in [3.05, 3.63) is 30.4 Å². The summed E-state index contributed by atoms with van der Waals surface area (Å²) in [7, 11) is 0. The molecule has 0 spiro atoms. The Bertz CT molecular complexity index is 567. The van der Waals surface area contributed by atoms with Crippen LogP contribution in [0.1, 0.15) is 30.6 Å². The molecule has 0 aromatic carbocycles. The van der Waals surface area contributed by atoms with Gasteiger partial charge in [0.25, 0.3) is 5.91 Å². The van der Waals surface area contributed by atoms with Crippen molar-refractivity contribution in [3.63, 3.8) is 0 Å². The van der Waals surface area contributed by atoms with Crippen LogP contribution >= 0.6 is 11.6 Å². The first kappa shape index (κ1) is 13.8. The molecule has 0 saturated carbocycles. The first-order valence-corrected chi connectivity index (χ1v) is 6.71. The Kier molecular flexibility index (Phi) is 4.37. The maximum Gasteiger partial charge on any atom is 0.255 e. The minimum Gasteiger partial charge on any atom is -0.350 e. The maximum atomic E-state index is 12.1. The predicted octanol–water partition coefficient (Wildman–Crippen LogP) is 2.11. The zero-order valence-electron chi connectivity index (χ0n) is 11.0. The van der Waals surface area contributed by atoms with Crippen LogP contribution in [0.15, 0.2) is 24.8 Å². The van der Waals surface area contributed by atoms with Gasteiger partial charge in [-0.2, -0.15) is 5.10 Å². The van der Waals surface area contributed by atoms with E-state index in [0.717, 1.165) is 6.42 Å². The number of amides is 1. The molecule has 2 heterocycles. The van der Waals surface area contributed by atoms with E-state index in [0.29, 0.717) is 23.5 Å². The summed E-state index contributed by atoms with van der Waals surface area (Å²) in [6.45, 7) is 4.67. The molecule has 0 bridgehead atoms. The van der Waals surface area contributed by atoms with Crippen molar-refractivity contribution in [2.24, 2.45) is 5.92 Å². The van der Waals surface area contributed by atoms with E-state index in [4.69, 9.17) is 11.6 Å². The van der Waals surface area contributed by atoms with Gasteiger partial charge in [0.15, 0.2) is 0 Å². The van der Waals surface area contributed by atoms with E-state index < -0.39 is 0 Å². The first-order chi connectivity index (χ1) is 9.08. The first-order valence-electron chi connectivity index (χ1n) is 6.27. The Morgan fingerprint density at radius 3 is 3.00 bits per heavy atom. The molecule has 1 amide bonds. The lowest BCUT2D eigenvalue weighted by Crippen LogP contribution is -2.30. The largest absolute Gasteiger partial charge is 0.350 e. The third-order valence-corrected chi connectivity index (χ3v) is 3.11. The summed E-state index contributed by atoms with van der Waals surface area (Å²) in [6, 6.07) is 0. The van der Waals surface area contributed by atoms with E-state index in [1.807, 2.05) is 0 Å². The SMILES string of the molecule is CC(C)CC(Cl)CNC(=O)c1cnn2ccncc12. The number of hydrogen-bond acceptors (Lipinski definition) is 3. The second kappa shape index (κ2) is 6.02. The number of alkyl halides is 1. The number of rotatable bonds is 5. The van der Waals surface area contributed by atoms with Gasteiger partial charge in [-0.05, 0) is 12.3 Å². The topological polar surface area (TPSA) is 59.3 Å². The quantitative estimate of drug-likeness (QED) is 0.854. The molecule has 0 saturated heterocycles. The highest BCUT2D eigenvalue weighted by molar-refractivity contribution is 6.21. The number of halogens is 1. The molecule has 1 N–H and O–H groups in total. The molecule has 2 aromatic heterocycles. The molecule has 0 fully saturated rings. The lowest BCUT2D eigenvalue weighted by Gasteiger charge is -2.12. The summed E-state index contributed by atoms with van der Waals surface area (Å²) in [5, 5.41) is 6.88. The molecule has 19 heavy (non-hydrogen) atoms. The second-order valence-corrected chi connectivity index (χ2v) is 5.52. The van der Waals surface area contributed by atoms with E-state index in [2.05, 4.69) is 29.2 Å². The van der Waals surface area contributed by atoms with E-state index >= 15 is 0 Å². The minimum absolute atomic E-state index is 0.0519. The molecular formula is C13H17ClN4O. The van der Waals surface area contributed by atoms with Crippen LogP contribution in [0.4, 0.5) is 0 Å². The van der Waals surface area contributed by atoms with Crippen LogP contribution in [-0.2, 0) is 0 Å². The summed E-state index contributed by atoms with van der Waals surface area (Å²) >= 11 is 6.15. The van der Waals surface area contributed by atoms with Crippen molar-refractivity contribution in [3.8, 4) is 0 Å². The van der Waals surface area contributed by atoms with Crippen molar-refractivity contribution in [1.29, 1.82) is 0 Å². The third kappa shape index (κ3) is 3.44. The van der Waals surface area contributed by atoms with E-state index in [1.54, 1.807) is 23.1 Å². The molecule has 6 heteroatoms. The molecule has 0 aliphatic heterocycles. The van der Waals surface area contributed by atoms with Gasteiger partial charge in [-0.25, -0.2) is 4.52 Å². The highest BCUT2D eigenvalue weighted by atomic mass is 35.5. The summed E-state index contributed by atoms with van der Waals surface area (Å²) < 4.78 is 1.62. The average molecular weight is 281 g/mol. The smallest absolute Gasteiger partial charge is 0.255 e. The molecule has 102 valence electrons. The zero-order valence-corrected chi connectivity index (χ0v) is 11.8. The zero-order chi connectivity index (χ0) is 13.8. The Labute approximate surface area is 117 Å². The van der Waals surface area contributed by atoms with Gasteiger partial charge in [-0.1, -0.05) is 13.8 Å². The molecular weight excluding hydrogens is 264 g/mol. The van der Waals surface area contributed by atoms with Crippen LogP contribution in [0.25, 0.3) is 5.52 Å². The Hall–Kier alpha value is -1.62. The van der Waals surface area contributed by atoms with Crippen LogP contribution in [0.3, 0.4) is 0 Å². The maximum absolute atomic E-state index is 12.1. The number of carbonyl (C=O) groups is 1. The van der Waals surface area contributed by atoms with Gasteiger partial charge < -0.3 is 5.32 Å². The van der Waals surface area contributed by atoms with Gasteiger partial charge >= 0.3 is 0 Å². The summed E-state index contributed by atoms with van der Waals surface area (Å²) in [5.41, 5.74) is 1.21. The van der Waals surface area contributed by atoms with Gasteiger partial charge in [-0.15, -0.1) is 11.6 Å². The van der Waals surface area contributed by atoms with E-state index in [9.17, 15) is 4.79 Å². The monoisotopic (exact) mass is 280 g/mol. The highest BCUT2D eigenvalue weighted by Crippen LogP contribution is 2.11. The van der Waals surface area contributed by atoms with Gasteiger partial charge in [0.1, 0.15) is 0 Å². The number of nitrogens with zero attached hydrogens (tertiary/aromatic N) is 3. The number of fused-ring (bicyclic) bond motifs is 1. The summed E-state index contributed by atoms with van der Waals surface area (Å²) in [5.74, 6) is 0.345. The number of carbonyl (C=O) groups excluding carboxylic acids is 1. The van der Waals surface area contributed by atoms with Crippen molar-refractivity contribution >= 4 is 23.0 Å². The van der Waals surface area contributed by atoms with Crippen molar-refractivity contribution < 1.29 is 4.79 Å². The van der Waals surface area contributed by atoms with Gasteiger partial charge in [0.2, 0.25) is 0 Å². The number of aromatic nitrogens is 3. The Balaban J connectivity index is 2.00. The highest BCUT2D eigenvalue weighted by Gasteiger charge is 2.14. The van der Waals surface area contributed by atoms with Gasteiger partial charge in [0, 0.05) is 18.9 Å². The van der Waals surface area contributed by atoms with E-state index in [-0.39, 0.29) is 11.3 Å². The lowest BCUT2D eigenvalue weighted by molar-refractivity contribution is 0.0954. The van der Waals surface area contributed by atoms with Gasteiger partial charge in [0.05, 0.1) is 28.9 Å². The Morgan fingerprint density at radius 1 is 1.47 bits per heavy atom. The summed E-state index contributed by atoms with van der Waals surface area (Å²) in [4.78, 5) is 16.1. The van der Waals surface area contributed by atoms with Crippen LogP contribution in [0.5, 0.6) is 0 Å². The molecule has 1 atom stereocenters. The normalized spacial score (nSPS) is 12.8. The molecule has 0 aliphatic carbocycles. The van der Waals surface area contributed by atoms with E-state index in [1.165, 1.54) is 6.20 Å². The Morgan fingerprint density at radius 2 is 2.26 bits per heavy atom. The van der Waals surface area contributed by atoms with Gasteiger partial charge in [-0.3, -0.25) is 9.78 Å². The van der Waals surface area contributed by atoms with Crippen molar-refractivity contribution in [1.82, 2.24) is 19.9 Å². The predicted molar refractivity (Wildman–Crippen MR) is 74.4 cm³/mol.